The van der Waals surface area contributed by atoms with Crippen LogP contribution in [0, 0.1) is 0 Å². The van der Waals surface area contributed by atoms with Crippen LogP contribution in [0.2, 0.25) is 0 Å². The van der Waals surface area contributed by atoms with Crippen LogP contribution in [0.25, 0.3) is 0 Å². The van der Waals surface area contributed by atoms with Crippen LogP contribution in [0.5, 0.6) is 0 Å². The molecule has 0 spiro atoms. The molecule has 2 aromatic rings. The molecule has 2 aromatic heterocycles. The monoisotopic (exact) mass is 399 g/mol. The van der Waals surface area contributed by atoms with Crippen LogP contribution in [-0.4, -0.2) is 60.1 Å². The molecule has 2 aliphatic heterocycles. The number of guanidine groups is 1. The Morgan fingerprint density at radius 1 is 0.964 bits per heavy atom. The molecule has 0 amide bonds. The maximum Gasteiger partial charge on any atom is 0.191 e. The Balaban J connectivity index is 1.29. The number of nitrogens with zero attached hydrogens (tertiary/aromatic N) is 6. The van der Waals surface area contributed by atoms with E-state index in [9.17, 15) is 0 Å². The minimum absolute atomic E-state index is 0.575. The third-order valence-electron chi connectivity index (χ3n) is 5.46. The summed E-state index contributed by atoms with van der Waals surface area (Å²) in [6.07, 6.45) is 8.99. The highest BCUT2D eigenvalue weighted by Gasteiger charge is 2.19. The van der Waals surface area contributed by atoms with Crippen molar-refractivity contribution in [3.63, 3.8) is 0 Å². The minimum atomic E-state index is 0.575. The van der Waals surface area contributed by atoms with Crippen LogP contribution in [0.1, 0.15) is 31.2 Å². The van der Waals surface area contributed by atoms with E-state index in [-0.39, 0.29) is 0 Å². The number of anilines is 2. The van der Waals surface area contributed by atoms with E-state index < -0.39 is 0 Å². The number of hydrogen-bond acceptors (Lipinski definition) is 6. The van der Waals surface area contributed by atoms with Crippen LogP contribution < -0.4 is 15.5 Å². The third kappa shape index (κ3) is 4.73. The van der Waals surface area contributed by atoms with E-state index in [2.05, 4.69) is 41.8 Å². The van der Waals surface area contributed by atoms with Crippen LogP contribution in [0.3, 0.4) is 0 Å². The molecule has 4 heterocycles. The molecule has 0 saturated carbocycles. The van der Waals surface area contributed by atoms with Crippen molar-refractivity contribution in [1.29, 1.82) is 0 Å². The fourth-order valence-electron chi connectivity index (χ4n) is 3.77. The Morgan fingerprint density at radius 3 is 2.39 bits per heavy atom. The summed E-state index contributed by atoms with van der Waals surface area (Å²) in [5, 5.41) is 3.11. The predicted octanol–water partition coefficient (Wildman–Crippen LogP) is 2.56. The summed E-state index contributed by atoms with van der Waals surface area (Å²) in [7, 11) is 0. The summed E-state index contributed by atoms with van der Waals surface area (Å²) in [6.45, 7) is 6.41. The van der Waals surface area contributed by atoms with Gasteiger partial charge in [0, 0.05) is 57.0 Å². The molecule has 2 fully saturated rings. The average molecular weight is 400 g/mol. The molecule has 28 heavy (non-hydrogen) atoms. The molecule has 0 unspecified atom stereocenters. The van der Waals surface area contributed by atoms with Crippen molar-refractivity contribution < 1.29 is 0 Å². The Kier molecular flexibility index (Phi) is 6.26. The van der Waals surface area contributed by atoms with Crippen molar-refractivity contribution >= 4 is 28.2 Å². The van der Waals surface area contributed by atoms with E-state index in [0.717, 1.165) is 55.8 Å². The standard InChI is InChI=1S/C20H29N7S/c21-19(26-10-12-27(13-11-26)20-22-7-14-28-20)24-16-17-5-6-18(23-15-17)25-8-3-1-2-4-9-25/h5-7,14-15H,1-4,8-13,16H2,(H2,21,24). The second-order valence-corrected chi connectivity index (χ2v) is 8.26. The summed E-state index contributed by atoms with van der Waals surface area (Å²) in [5.74, 6) is 1.70. The number of aliphatic imine (C=N–C) groups is 1. The summed E-state index contributed by atoms with van der Waals surface area (Å²) in [5.41, 5.74) is 7.34. The molecular weight excluding hydrogens is 370 g/mol. The summed E-state index contributed by atoms with van der Waals surface area (Å²) in [4.78, 5) is 20.5. The number of thiazole rings is 1. The van der Waals surface area contributed by atoms with Gasteiger partial charge in [0.05, 0.1) is 6.54 Å². The van der Waals surface area contributed by atoms with E-state index in [1.165, 1.54) is 25.7 Å². The molecule has 0 aromatic carbocycles. The number of hydrogen-bond donors (Lipinski definition) is 1. The van der Waals surface area contributed by atoms with Gasteiger partial charge in [-0.2, -0.15) is 0 Å². The zero-order chi connectivity index (χ0) is 19.2. The van der Waals surface area contributed by atoms with E-state index in [0.29, 0.717) is 12.5 Å². The Labute approximate surface area is 170 Å². The van der Waals surface area contributed by atoms with Crippen molar-refractivity contribution in [3.8, 4) is 0 Å². The van der Waals surface area contributed by atoms with Crippen LogP contribution in [-0.2, 0) is 6.54 Å². The van der Waals surface area contributed by atoms with E-state index in [4.69, 9.17) is 5.73 Å². The van der Waals surface area contributed by atoms with Crippen molar-refractivity contribution in [3.05, 3.63) is 35.5 Å². The maximum absolute atomic E-state index is 6.24. The van der Waals surface area contributed by atoms with Gasteiger partial charge in [-0.05, 0) is 24.5 Å². The lowest BCUT2D eigenvalue weighted by Crippen LogP contribution is -2.51. The van der Waals surface area contributed by atoms with Gasteiger partial charge in [0.25, 0.3) is 0 Å². The second kappa shape index (κ2) is 9.23. The molecule has 2 N–H and O–H groups in total. The van der Waals surface area contributed by atoms with Gasteiger partial charge < -0.3 is 20.4 Å². The Morgan fingerprint density at radius 2 is 1.75 bits per heavy atom. The van der Waals surface area contributed by atoms with E-state index >= 15 is 0 Å². The first-order valence-electron chi connectivity index (χ1n) is 10.2. The SMILES string of the molecule is NC(=NCc1ccc(N2CCCCCC2)nc1)N1CCN(c2nccs2)CC1. The van der Waals surface area contributed by atoms with Gasteiger partial charge in [0.15, 0.2) is 11.1 Å². The average Bonchev–Trinajstić information content (AvgIpc) is 3.15. The fourth-order valence-corrected chi connectivity index (χ4v) is 4.47. The highest BCUT2D eigenvalue weighted by molar-refractivity contribution is 7.13. The quantitative estimate of drug-likeness (QED) is 0.629. The molecule has 7 nitrogen and oxygen atoms in total. The summed E-state index contributed by atoms with van der Waals surface area (Å²) in [6, 6.07) is 4.25. The molecule has 4 rings (SSSR count). The lowest BCUT2D eigenvalue weighted by Gasteiger charge is -2.35. The van der Waals surface area contributed by atoms with Crippen molar-refractivity contribution in [2.45, 2.75) is 32.2 Å². The fraction of sp³-hybridized carbons (Fsp3) is 0.550. The summed E-state index contributed by atoms with van der Waals surface area (Å²) < 4.78 is 0. The molecule has 2 saturated heterocycles. The minimum Gasteiger partial charge on any atom is -0.370 e. The molecular formula is C20H29N7S. The predicted molar refractivity (Wildman–Crippen MR) is 116 cm³/mol. The number of aromatic nitrogens is 2. The van der Waals surface area contributed by atoms with E-state index in [1.54, 1.807) is 11.3 Å². The van der Waals surface area contributed by atoms with Crippen molar-refractivity contribution in [2.75, 3.05) is 49.1 Å². The van der Waals surface area contributed by atoms with Crippen LogP contribution >= 0.6 is 11.3 Å². The van der Waals surface area contributed by atoms with Gasteiger partial charge in [-0.15, -0.1) is 11.3 Å². The largest absolute Gasteiger partial charge is 0.370 e. The van der Waals surface area contributed by atoms with Gasteiger partial charge in [0.2, 0.25) is 0 Å². The maximum atomic E-state index is 6.24. The summed E-state index contributed by atoms with van der Waals surface area (Å²) >= 11 is 1.68. The first kappa shape index (κ1) is 19.0. The normalized spacial score (nSPS) is 19.0. The highest BCUT2D eigenvalue weighted by atomic mass is 32.1. The first-order chi connectivity index (χ1) is 13.8. The van der Waals surface area contributed by atoms with Gasteiger partial charge in [-0.1, -0.05) is 18.9 Å². The van der Waals surface area contributed by atoms with Gasteiger partial charge in [0.1, 0.15) is 5.82 Å². The molecule has 0 aliphatic carbocycles. The topological polar surface area (TPSA) is 73.9 Å². The molecule has 2 aliphatic rings. The Bertz CT molecular complexity index is 743. The highest BCUT2D eigenvalue weighted by Crippen LogP contribution is 2.19. The second-order valence-electron chi connectivity index (χ2n) is 7.39. The van der Waals surface area contributed by atoms with Gasteiger partial charge in [-0.3, -0.25) is 0 Å². The lowest BCUT2D eigenvalue weighted by atomic mass is 10.2. The number of pyridine rings is 1. The van der Waals surface area contributed by atoms with Crippen molar-refractivity contribution in [2.24, 2.45) is 10.7 Å². The van der Waals surface area contributed by atoms with Crippen molar-refractivity contribution in [1.82, 2.24) is 14.9 Å². The van der Waals surface area contributed by atoms with Crippen LogP contribution in [0.15, 0.2) is 34.9 Å². The Hall–Kier alpha value is -2.35. The molecule has 0 atom stereocenters. The lowest BCUT2D eigenvalue weighted by molar-refractivity contribution is 0.380. The molecule has 0 bridgehead atoms. The van der Waals surface area contributed by atoms with E-state index in [1.807, 2.05) is 17.8 Å². The van der Waals surface area contributed by atoms with Gasteiger partial charge in [-0.25, -0.2) is 15.0 Å². The number of rotatable bonds is 4. The molecule has 0 radical (unpaired) electrons. The van der Waals surface area contributed by atoms with Gasteiger partial charge >= 0.3 is 0 Å². The number of piperazine rings is 1. The third-order valence-corrected chi connectivity index (χ3v) is 6.29. The number of nitrogens with two attached hydrogens (primary N) is 1. The molecule has 8 heteroatoms. The first-order valence-corrected chi connectivity index (χ1v) is 11.1. The smallest absolute Gasteiger partial charge is 0.191 e. The zero-order valence-corrected chi connectivity index (χ0v) is 17.2. The zero-order valence-electron chi connectivity index (χ0n) is 16.3. The molecule has 150 valence electrons. The van der Waals surface area contributed by atoms with Crippen LogP contribution in [0.4, 0.5) is 10.9 Å².